The minimum Gasteiger partial charge on any atom is -0.493 e. The first-order chi connectivity index (χ1) is 22.9. The average molecular weight is 695 g/mol. The summed E-state index contributed by atoms with van der Waals surface area (Å²) < 4.78 is 37.8. The SMILES string of the molecule is CC(=O)Oc1ccc(Sc2ccccc2)cc1.COc1ccc(C)c(Sc2c(C)c(OC(C)=O)c(OC(C)=O)c(OC)c2OC)c1OC. The van der Waals surface area contributed by atoms with Crippen molar-refractivity contribution in [2.24, 2.45) is 0 Å². The largest absolute Gasteiger partial charge is 0.493 e. The highest BCUT2D eigenvalue weighted by Crippen LogP contribution is 2.56. The Balaban J connectivity index is 0.000000308. The summed E-state index contributed by atoms with van der Waals surface area (Å²) in [6.45, 7) is 7.56. The minimum absolute atomic E-state index is 0.0294. The van der Waals surface area contributed by atoms with Gasteiger partial charge in [-0.3, -0.25) is 14.4 Å². The summed E-state index contributed by atoms with van der Waals surface area (Å²) in [7, 11) is 5.99. The summed E-state index contributed by atoms with van der Waals surface area (Å²) in [6, 6.07) is 21.3. The summed E-state index contributed by atoms with van der Waals surface area (Å²) in [5, 5.41) is 0. The van der Waals surface area contributed by atoms with Crippen molar-refractivity contribution in [2.45, 2.75) is 54.2 Å². The molecule has 0 aliphatic carbocycles. The molecule has 0 heterocycles. The number of rotatable bonds is 11. The molecule has 0 aliphatic heterocycles. The zero-order valence-electron chi connectivity index (χ0n) is 28.2. The Kier molecular flexibility index (Phi) is 14.1. The van der Waals surface area contributed by atoms with Crippen molar-refractivity contribution in [1.82, 2.24) is 0 Å². The van der Waals surface area contributed by atoms with Gasteiger partial charge in [0.2, 0.25) is 11.5 Å². The monoisotopic (exact) mass is 694 g/mol. The molecule has 0 bridgehead atoms. The average Bonchev–Trinajstić information content (AvgIpc) is 3.05. The molecule has 0 fully saturated rings. The number of benzene rings is 4. The minimum atomic E-state index is -0.598. The van der Waals surface area contributed by atoms with E-state index >= 15 is 0 Å². The Hall–Kier alpha value is -4.81. The van der Waals surface area contributed by atoms with E-state index in [1.165, 1.54) is 51.6 Å². The Morgan fingerprint density at radius 2 is 1.04 bits per heavy atom. The van der Waals surface area contributed by atoms with Crippen LogP contribution in [0.15, 0.2) is 86.3 Å². The first-order valence-corrected chi connectivity index (χ1v) is 16.1. The van der Waals surface area contributed by atoms with E-state index in [9.17, 15) is 14.4 Å². The third kappa shape index (κ3) is 9.85. The number of hydrogen-bond acceptors (Lipinski definition) is 12. The third-order valence-electron chi connectivity index (χ3n) is 6.37. The van der Waals surface area contributed by atoms with Gasteiger partial charge in [-0.05, 0) is 61.9 Å². The summed E-state index contributed by atoms with van der Waals surface area (Å²) in [5.74, 6) is 0.711. The van der Waals surface area contributed by atoms with Crippen LogP contribution in [0.3, 0.4) is 0 Å². The van der Waals surface area contributed by atoms with Gasteiger partial charge in [-0.2, -0.15) is 0 Å². The van der Waals surface area contributed by atoms with E-state index in [0.717, 1.165) is 15.4 Å². The van der Waals surface area contributed by atoms with Crippen LogP contribution in [0.5, 0.6) is 40.2 Å². The first kappa shape index (κ1) is 37.6. The number of methoxy groups -OCH3 is 4. The fraction of sp³-hybridized carbons (Fsp3) is 0.250. The number of hydrogen-bond donors (Lipinski definition) is 0. The molecule has 0 radical (unpaired) electrons. The third-order valence-corrected chi connectivity index (χ3v) is 8.79. The zero-order valence-corrected chi connectivity index (χ0v) is 29.9. The predicted octanol–water partition coefficient (Wildman–Crippen LogP) is 8.10. The molecule has 254 valence electrons. The lowest BCUT2D eigenvalue weighted by molar-refractivity contribution is -0.134. The normalized spacial score (nSPS) is 10.2. The molecule has 0 amide bonds. The van der Waals surface area contributed by atoms with Gasteiger partial charge in [0.1, 0.15) is 5.75 Å². The van der Waals surface area contributed by atoms with Gasteiger partial charge >= 0.3 is 17.9 Å². The lowest BCUT2D eigenvalue weighted by atomic mass is 10.1. The zero-order chi connectivity index (χ0) is 35.4. The molecule has 10 nitrogen and oxygen atoms in total. The van der Waals surface area contributed by atoms with Crippen LogP contribution in [0, 0.1) is 13.8 Å². The molecule has 0 atom stereocenters. The summed E-state index contributed by atoms with van der Waals surface area (Å²) in [6.07, 6.45) is 0. The van der Waals surface area contributed by atoms with Crippen LogP contribution in [0.25, 0.3) is 0 Å². The molecule has 48 heavy (non-hydrogen) atoms. The maximum Gasteiger partial charge on any atom is 0.308 e. The van der Waals surface area contributed by atoms with Crippen LogP contribution in [-0.2, 0) is 14.4 Å². The second kappa shape index (κ2) is 17.9. The highest BCUT2D eigenvalue weighted by atomic mass is 32.2. The van der Waals surface area contributed by atoms with Crippen molar-refractivity contribution in [3.05, 3.63) is 77.9 Å². The molecule has 12 heteroatoms. The number of carbonyl (C=O) groups is 3. The molecule has 4 rings (SSSR count). The van der Waals surface area contributed by atoms with E-state index in [2.05, 4.69) is 12.1 Å². The molecular weight excluding hydrogens is 657 g/mol. The Labute approximate surface area is 289 Å². The molecule has 0 aliphatic rings. The summed E-state index contributed by atoms with van der Waals surface area (Å²) >= 11 is 3.00. The smallest absolute Gasteiger partial charge is 0.308 e. The highest BCUT2D eigenvalue weighted by molar-refractivity contribution is 7.99. The molecule has 4 aromatic carbocycles. The van der Waals surface area contributed by atoms with Gasteiger partial charge in [-0.25, -0.2) is 0 Å². The van der Waals surface area contributed by atoms with Crippen molar-refractivity contribution in [1.29, 1.82) is 0 Å². The van der Waals surface area contributed by atoms with Crippen LogP contribution < -0.4 is 33.2 Å². The van der Waals surface area contributed by atoms with Gasteiger partial charge in [0.15, 0.2) is 23.0 Å². The number of esters is 3. The van der Waals surface area contributed by atoms with Crippen LogP contribution >= 0.6 is 23.5 Å². The van der Waals surface area contributed by atoms with E-state index < -0.39 is 11.9 Å². The fourth-order valence-electron chi connectivity index (χ4n) is 4.34. The predicted molar refractivity (Wildman–Crippen MR) is 184 cm³/mol. The lowest BCUT2D eigenvalue weighted by Crippen LogP contribution is -2.11. The van der Waals surface area contributed by atoms with Crippen LogP contribution in [-0.4, -0.2) is 46.3 Å². The Morgan fingerprint density at radius 3 is 1.56 bits per heavy atom. The topological polar surface area (TPSA) is 116 Å². The van der Waals surface area contributed by atoms with Crippen molar-refractivity contribution < 1.29 is 47.5 Å². The second-order valence-corrected chi connectivity index (χ2v) is 12.1. The molecular formula is C36H38O10S2. The molecule has 0 unspecified atom stereocenters. The van der Waals surface area contributed by atoms with E-state index in [4.69, 9.17) is 33.2 Å². The van der Waals surface area contributed by atoms with Crippen molar-refractivity contribution >= 4 is 41.4 Å². The molecule has 0 saturated heterocycles. The second-order valence-electron chi connectivity index (χ2n) is 9.90. The molecule has 0 aromatic heterocycles. The van der Waals surface area contributed by atoms with Gasteiger partial charge < -0.3 is 33.2 Å². The van der Waals surface area contributed by atoms with Gasteiger partial charge in [0.25, 0.3) is 0 Å². The van der Waals surface area contributed by atoms with E-state index in [-0.39, 0.29) is 23.2 Å². The van der Waals surface area contributed by atoms with Crippen molar-refractivity contribution in [3.63, 3.8) is 0 Å². The molecule has 0 N–H and O–H groups in total. The first-order valence-electron chi connectivity index (χ1n) is 14.5. The Morgan fingerprint density at radius 1 is 0.500 bits per heavy atom. The molecule has 0 spiro atoms. The van der Waals surface area contributed by atoms with Crippen LogP contribution in [0.4, 0.5) is 0 Å². The van der Waals surface area contributed by atoms with Gasteiger partial charge in [-0.15, -0.1) is 0 Å². The number of carbonyl (C=O) groups excluding carboxylic acids is 3. The quantitative estimate of drug-likeness (QED) is 0.112. The number of aryl methyl sites for hydroxylation is 1. The van der Waals surface area contributed by atoms with E-state index in [1.54, 1.807) is 45.0 Å². The van der Waals surface area contributed by atoms with Gasteiger partial charge in [0.05, 0.1) is 38.2 Å². The summed E-state index contributed by atoms with van der Waals surface area (Å²) in [4.78, 5) is 37.9. The van der Waals surface area contributed by atoms with Crippen molar-refractivity contribution in [3.8, 4) is 40.2 Å². The molecule has 0 saturated carbocycles. The molecule has 4 aromatic rings. The van der Waals surface area contributed by atoms with Crippen molar-refractivity contribution in [2.75, 3.05) is 28.4 Å². The van der Waals surface area contributed by atoms with Crippen LogP contribution in [0.2, 0.25) is 0 Å². The maximum atomic E-state index is 11.8. The van der Waals surface area contributed by atoms with E-state index in [0.29, 0.717) is 33.5 Å². The summed E-state index contributed by atoms with van der Waals surface area (Å²) in [5.41, 5.74) is 1.46. The highest BCUT2D eigenvalue weighted by Gasteiger charge is 2.30. The lowest BCUT2D eigenvalue weighted by Gasteiger charge is -2.22. The van der Waals surface area contributed by atoms with E-state index in [1.807, 2.05) is 49.4 Å². The van der Waals surface area contributed by atoms with Crippen LogP contribution in [0.1, 0.15) is 31.9 Å². The number of ether oxygens (including phenoxy) is 7. The standard InChI is InChI=1S/C22H26O8S.C14H12O2S/c1-11-9-10-15(25-5)17(26-6)21(11)31-22-12(2)16(29-13(3)23)19(30-14(4)24)18(27-7)20(22)28-8;1-11(15)16-12-7-9-14(10-8-12)17-13-5-3-2-4-6-13/h9-10H,1-8H3;2-10H,1H3. The fourth-order valence-corrected chi connectivity index (χ4v) is 6.40. The van der Waals surface area contributed by atoms with Gasteiger partial charge in [-0.1, -0.05) is 47.8 Å². The maximum absolute atomic E-state index is 11.8. The Bertz CT molecular complexity index is 1740. The van der Waals surface area contributed by atoms with Gasteiger partial charge in [0, 0.05) is 36.1 Å².